The third kappa shape index (κ3) is 2.25. The molecule has 3 aromatic rings. The number of anilines is 1. The monoisotopic (exact) mass is 305 g/mol. The number of nitrogens with zero attached hydrogens (tertiary/aromatic N) is 1. The van der Waals surface area contributed by atoms with Gasteiger partial charge >= 0.3 is 0 Å². The van der Waals surface area contributed by atoms with Crippen molar-refractivity contribution in [3.63, 3.8) is 0 Å². The number of nitrogens with two attached hydrogens (primary N) is 1. The van der Waals surface area contributed by atoms with Gasteiger partial charge in [-0.15, -0.1) is 0 Å². The van der Waals surface area contributed by atoms with Gasteiger partial charge in [-0.05, 0) is 24.3 Å². The van der Waals surface area contributed by atoms with Crippen LogP contribution in [0.4, 0.5) is 10.1 Å². The topological polar surface area (TPSA) is 88.8 Å². The Bertz CT molecular complexity index is 928. The fraction of sp³-hybridized carbons (Fsp3) is 0.0714. The molecule has 0 amide bonds. The maximum Gasteiger partial charge on any atom is 0.177 e. The zero-order valence-electron chi connectivity index (χ0n) is 11.1. The van der Waals surface area contributed by atoms with Gasteiger partial charge in [-0.3, -0.25) is 0 Å². The lowest BCUT2D eigenvalue weighted by molar-refractivity contribution is 0.602. The molecule has 3 N–H and O–H groups in total. The molecule has 0 aliphatic rings. The quantitative estimate of drug-likeness (QED) is 0.711. The lowest BCUT2D eigenvalue weighted by Gasteiger charge is -2.02. The Morgan fingerprint density at radius 3 is 2.57 bits per heavy atom. The second-order valence-electron chi connectivity index (χ2n) is 4.71. The van der Waals surface area contributed by atoms with Crippen LogP contribution in [0.5, 0.6) is 0 Å². The van der Waals surface area contributed by atoms with Crippen molar-refractivity contribution in [2.75, 3.05) is 12.0 Å². The highest BCUT2D eigenvalue weighted by atomic mass is 32.2. The first kappa shape index (κ1) is 13.6. The molecule has 21 heavy (non-hydrogen) atoms. The summed E-state index contributed by atoms with van der Waals surface area (Å²) < 4.78 is 37.5. The number of nitrogens with one attached hydrogen (secondary N) is 1. The van der Waals surface area contributed by atoms with Gasteiger partial charge in [0.2, 0.25) is 0 Å². The lowest BCUT2D eigenvalue weighted by Crippen LogP contribution is -1.98. The van der Waals surface area contributed by atoms with Gasteiger partial charge in [-0.25, -0.2) is 17.8 Å². The molecule has 0 atom stereocenters. The van der Waals surface area contributed by atoms with Crippen LogP contribution >= 0.6 is 0 Å². The summed E-state index contributed by atoms with van der Waals surface area (Å²) in [6.07, 6.45) is 1.10. The van der Waals surface area contributed by atoms with E-state index in [-0.39, 0.29) is 27.5 Å². The maximum absolute atomic E-state index is 13.9. The summed E-state index contributed by atoms with van der Waals surface area (Å²) in [6.45, 7) is 0. The first-order valence-corrected chi connectivity index (χ1v) is 8.00. The summed E-state index contributed by atoms with van der Waals surface area (Å²) in [6, 6.07) is 9.08. The molecule has 7 heteroatoms. The van der Waals surface area contributed by atoms with Gasteiger partial charge in [0.1, 0.15) is 17.2 Å². The van der Waals surface area contributed by atoms with Crippen molar-refractivity contribution in [1.82, 2.24) is 9.97 Å². The van der Waals surface area contributed by atoms with Gasteiger partial charge in [-0.2, -0.15) is 0 Å². The molecular weight excluding hydrogens is 293 g/mol. The highest BCUT2D eigenvalue weighted by Gasteiger charge is 2.18. The van der Waals surface area contributed by atoms with E-state index < -0.39 is 15.7 Å². The number of aromatic amines is 1. The summed E-state index contributed by atoms with van der Waals surface area (Å²) in [5, 5.41) is 0. The number of aromatic nitrogens is 2. The van der Waals surface area contributed by atoms with E-state index in [9.17, 15) is 12.8 Å². The van der Waals surface area contributed by atoms with Crippen LogP contribution in [0.15, 0.2) is 41.3 Å². The molecule has 0 radical (unpaired) electrons. The third-order valence-electron chi connectivity index (χ3n) is 3.16. The van der Waals surface area contributed by atoms with Crippen molar-refractivity contribution >= 4 is 26.6 Å². The SMILES string of the molecule is CS(=O)(=O)c1cccc2[nH]c(-c3c(N)cccc3F)nc12. The van der Waals surface area contributed by atoms with Crippen molar-refractivity contribution in [2.24, 2.45) is 0 Å². The van der Waals surface area contributed by atoms with E-state index in [1.54, 1.807) is 18.2 Å². The van der Waals surface area contributed by atoms with Crippen molar-refractivity contribution < 1.29 is 12.8 Å². The molecule has 5 nitrogen and oxygen atoms in total. The number of rotatable bonds is 2. The molecule has 0 aliphatic carbocycles. The van der Waals surface area contributed by atoms with E-state index in [1.165, 1.54) is 18.2 Å². The van der Waals surface area contributed by atoms with Crippen molar-refractivity contribution in [2.45, 2.75) is 4.90 Å². The van der Waals surface area contributed by atoms with Gasteiger partial charge < -0.3 is 10.7 Å². The Morgan fingerprint density at radius 2 is 1.90 bits per heavy atom. The molecule has 0 bridgehead atoms. The van der Waals surface area contributed by atoms with Crippen LogP contribution in [-0.4, -0.2) is 24.6 Å². The molecule has 0 saturated heterocycles. The van der Waals surface area contributed by atoms with Crippen LogP contribution in [-0.2, 0) is 9.84 Å². The summed E-state index contributed by atoms with van der Waals surface area (Å²) in [7, 11) is -3.43. The highest BCUT2D eigenvalue weighted by molar-refractivity contribution is 7.91. The molecular formula is C14H12FN3O2S. The first-order valence-electron chi connectivity index (χ1n) is 6.11. The van der Waals surface area contributed by atoms with Gasteiger partial charge in [0.05, 0.1) is 16.0 Å². The van der Waals surface area contributed by atoms with E-state index >= 15 is 0 Å². The third-order valence-corrected chi connectivity index (χ3v) is 4.29. The molecule has 1 heterocycles. The van der Waals surface area contributed by atoms with E-state index in [2.05, 4.69) is 9.97 Å². The van der Waals surface area contributed by atoms with E-state index in [4.69, 9.17) is 5.73 Å². The summed E-state index contributed by atoms with van der Waals surface area (Å²) in [5.41, 5.74) is 6.93. The molecule has 0 fully saturated rings. The highest BCUT2D eigenvalue weighted by Crippen LogP contribution is 2.30. The largest absolute Gasteiger partial charge is 0.398 e. The summed E-state index contributed by atoms with van der Waals surface area (Å²) in [4.78, 5) is 7.22. The first-order chi connectivity index (χ1) is 9.88. The number of imidazole rings is 1. The van der Waals surface area contributed by atoms with Crippen molar-refractivity contribution in [3.05, 3.63) is 42.2 Å². The molecule has 0 spiro atoms. The predicted octanol–water partition coefficient (Wildman–Crippen LogP) is 2.35. The maximum atomic E-state index is 13.9. The number of nitrogen functional groups attached to an aromatic ring is 1. The van der Waals surface area contributed by atoms with Gasteiger partial charge in [-0.1, -0.05) is 12.1 Å². The number of H-pyrrole nitrogens is 1. The standard InChI is InChI=1S/C14H12FN3O2S/c1-21(19,20)11-7-3-6-10-13(11)18-14(17-10)12-8(15)4-2-5-9(12)16/h2-7H,16H2,1H3,(H,17,18). The number of halogens is 1. The number of hydrogen-bond acceptors (Lipinski definition) is 4. The molecule has 0 saturated carbocycles. The zero-order valence-corrected chi connectivity index (χ0v) is 11.9. The smallest absolute Gasteiger partial charge is 0.177 e. The molecule has 0 aliphatic heterocycles. The molecule has 1 aromatic heterocycles. The zero-order chi connectivity index (χ0) is 15.2. The Labute approximate surface area is 120 Å². The number of sulfone groups is 1. The number of fused-ring (bicyclic) bond motifs is 1. The van der Waals surface area contributed by atoms with Crippen LogP contribution in [0.2, 0.25) is 0 Å². The van der Waals surface area contributed by atoms with E-state index in [0.29, 0.717) is 5.52 Å². The van der Waals surface area contributed by atoms with Gasteiger partial charge in [0.25, 0.3) is 0 Å². The van der Waals surface area contributed by atoms with Crippen molar-refractivity contribution in [1.29, 1.82) is 0 Å². The molecule has 0 unspecified atom stereocenters. The Morgan fingerprint density at radius 1 is 1.19 bits per heavy atom. The van der Waals surface area contributed by atoms with E-state index in [0.717, 1.165) is 6.26 Å². The van der Waals surface area contributed by atoms with Crippen LogP contribution in [0.1, 0.15) is 0 Å². The van der Waals surface area contributed by atoms with Crippen molar-refractivity contribution in [3.8, 4) is 11.4 Å². The average molecular weight is 305 g/mol. The molecule has 108 valence electrons. The Kier molecular flexibility index (Phi) is 2.94. The minimum Gasteiger partial charge on any atom is -0.398 e. The Hall–Kier alpha value is -2.41. The normalized spacial score (nSPS) is 11.9. The lowest BCUT2D eigenvalue weighted by atomic mass is 10.1. The molecule has 3 rings (SSSR count). The molecule has 2 aromatic carbocycles. The van der Waals surface area contributed by atoms with Gasteiger partial charge in [0.15, 0.2) is 9.84 Å². The fourth-order valence-corrected chi connectivity index (χ4v) is 3.05. The van der Waals surface area contributed by atoms with Gasteiger partial charge in [0, 0.05) is 11.9 Å². The number of benzene rings is 2. The predicted molar refractivity (Wildman–Crippen MR) is 79.0 cm³/mol. The number of para-hydroxylation sites is 1. The van der Waals surface area contributed by atoms with Crippen LogP contribution in [0.3, 0.4) is 0 Å². The van der Waals surface area contributed by atoms with E-state index in [1.807, 2.05) is 0 Å². The summed E-state index contributed by atoms with van der Waals surface area (Å²) >= 11 is 0. The van der Waals surface area contributed by atoms with Crippen LogP contribution in [0.25, 0.3) is 22.4 Å². The average Bonchev–Trinajstić information content (AvgIpc) is 2.80. The second kappa shape index (κ2) is 4.56. The Balaban J connectivity index is 2.33. The summed E-state index contributed by atoms with van der Waals surface area (Å²) in [5.74, 6) is -0.313. The van der Waals surface area contributed by atoms with Crippen LogP contribution in [0, 0.1) is 5.82 Å². The minimum absolute atomic E-state index is 0.0948. The minimum atomic E-state index is -3.43. The second-order valence-corrected chi connectivity index (χ2v) is 6.70. The number of hydrogen-bond donors (Lipinski definition) is 2. The van der Waals surface area contributed by atoms with Crippen LogP contribution < -0.4 is 5.73 Å². The fourth-order valence-electron chi connectivity index (χ4n) is 2.21.